The molecule has 0 bridgehead atoms. The van der Waals surface area contributed by atoms with E-state index in [1.54, 1.807) is 23.3 Å². The first-order chi connectivity index (χ1) is 14.8. The molecule has 0 spiro atoms. The molecular formula is C30H40Cl2SiZr-2. The molecule has 0 amide bonds. The quantitative estimate of drug-likeness (QED) is 0.236. The van der Waals surface area contributed by atoms with Gasteiger partial charge in [0.05, 0.1) is 0 Å². The van der Waals surface area contributed by atoms with Crippen LogP contribution in [-0.2, 0) is 47.0 Å². The molecule has 0 radical (unpaired) electrons. The fourth-order valence-corrected chi connectivity index (χ4v) is 3.68. The first kappa shape index (κ1) is 33.5. The van der Waals surface area contributed by atoms with Crippen molar-refractivity contribution in [2.24, 2.45) is 0 Å². The number of hydrogen-bond donors (Lipinski definition) is 0. The topological polar surface area (TPSA) is 0 Å². The van der Waals surface area contributed by atoms with Crippen LogP contribution in [0.5, 0.6) is 0 Å². The Balaban J connectivity index is 0.000000702. The normalized spacial score (nSPS) is 11.4. The maximum Gasteiger partial charge on any atom is -1.00 e. The van der Waals surface area contributed by atoms with E-state index in [2.05, 4.69) is 122 Å². The van der Waals surface area contributed by atoms with Gasteiger partial charge >= 0.3 is 41.9 Å². The van der Waals surface area contributed by atoms with Gasteiger partial charge in [0.2, 0.25) is 0 Å². The van der Waals surface area contributed by atoms with Crippen molar-refractivity contribution < 1.29 is 48.1 Å². The van der Waals surface area contributed by atoms with Crippen LogP contribution in [0.25, 0.3) is 11.1 Å². The molecule has 3 aromatic carbocycles. The van der Waals surface area contributed by atoms with Gasteiger partial charge in [0, 0.05) is 0 Å². The molecule has 0 saturated heterocycles. The number of fused-ring (bicyclic) bond motifs is 3. The van der Waals surface area contributed by atoms with Crippen molar-refractivity contribution in [3.8, 4) is 11.1 Å². The maximum absolute atomic E-state index is 3.67. The summed E-state index contributed by atoms with van der Waals surface area (Å²) in [5, 5.41) is 0. The van der Waals surface area contributed by atoms with Crippen molar-refractivity contribution in [2.75, 3.05) is 0 Å². The van der Waals surface area contributed by atoms with Crippen molar-refractivity contribution in [3.05, 3.63) is 88.5 Å². The molecule has 3 aromatic rings. The molecule has 34 heavy (non-hydrogen) atoms. The van der Waals surface area contributed by atoms with E-state index < -0.39 is 0 Å². The van der Waals surface area contributed by atoms with Gasteiger partial charge in [-0.05, 0) is 28.4 Å². The summed E-state index contributed by atoms with van der Waals surface area (Å²) >= 11 is 1.74. The van der Waals surface area contributed by atoms with Crippen molar-refractivity contribution in [1.29, 1.82) is 0 Å². The smallest absolute Gasteiger partial charge is 1.00 e. The minimum atomic E-state index is 0. The molecule has 0 aliphatic heterocycles. The molecule has 0 fully saturated rings. The molecule has 1 aliphatic rings. The molecule has 0 saturated carbocycles. The fourth-order valence-electron chi connectivity index (χ4n) is 3.68. The van der Waals surface area contributed by atoms with Crippen molar-refractivity contribution in [1.82, 2.24) is 0 Å². The molecule has 1 aliphatic carbocycles. The average Bonchev–Trinajstić information content (AvgIpc) is 3.33. The van der Waals surface area contributed by atoms with Crippen LogP contribution in [0.2, 0.25) is 13.1 Å². The minimum Gasteiger partial charge on any atom is -1.00 e. The molecule has 4 rings (SSSR count). The second kappa shape index (κ2) is 14.3. The molecule has 184 valence electrons. The number of halogens is 2. The minimum absolute atomic E-state index is 0. The SMILES string of the molecule is CC(C)(C)c1[c-]c2c(cc1)-c1ccc(C(C)(C)C)cc1C2.CCc1ccc[cH-]1.C[Si](C)=[Zr+2].[Cl-].[Cl-]. The third kappa shape index (κ3) is 9.85. The molecule has 0 heterocycles. The summed E-state index contributed by atoms with van der Waals surface area (Å²) in [6.07, 6.45) is 2.19. The van der Waals surface area contributed by atoms with Crippen molar-refractivity contribution in [3.63, 3.8) is 0 Å². The molecular weight excluding hydrogens is 551 g/mol. The van der Waals surface area contributed by atoms with E-state index in [1.165, 1.54) is 38.9 Å². The summed E-state index contributed by atoms with van der Waals surface area (Å²) in [5.41, 5.74) is 10.3. The van der Waals surface area contributed by atoms with Crippen LogP contribution in [0.15, 0.2) is 54.6 Å². The standard InChI is InChI=1S/C21H25.C7H9.C2H6Si.2ClH.Zr/c1-20(2,3)16-7-9-18-14(12-16)11-15-13-17(21(4,5)6)8-10-19(15)18;1-2-7-5-3-4-6-7;1-3-2;;;/h7-10,12H,11H2,1-6H3;3-6H,2H2,1H3;1-2H3;2*1H;/q2*-1;;;;+2/p-2. The van der Waals surface area contributed by atoms with Gasteiger partial charge in [-0.1, -0.05) is 78.6 Å². The van der Waals surface area contributed by atoms with Gasteiger partial charge < -0.3 is 24.8 Å². The number of hydrogen-bond acceptors (Lipinski definition) is 0. The van der Waals surface area contributed by atoms with E-state index in [4.69, 9.17) is 0 Å². The molecule has 0 N–H and O–H groups in total. The Morgan fingerprint density at radius 2 is 1.50 bits per heavy atom. The Morgan fingerprint density at radius 3 is 1.94 bits per heavy atom. The zero-order chi connectivity index (χ0) is 24.1. The van der Waals surface area contributed by atoms with Crippen LogP contribution in [0.3, 0.4) is 0 Å². The van der Waals surface area contributed by atoms with Gasteiger partial charge in [0.25, 0.3) is 0 Å². The zero-order valence-electron chi connectivity index (χ0n) is 22.4. The van der Waals surface area contributed by atoms with Crippen LogP contribution in [-0.4, -0.2) is 5.43 Å². The van der Waals surface area contributed by atoms with Gasteiger partial charge in [-0.2, -0.15) is 41.5 Å². The summed E-state index contributed by atoms with van der Waals surface area (Å²) in [6.45, 7) is 20.4. The van der Waals surface area contributed by atoms with Crippen molar-refractivity contribution >= 4 is 5.43 Å². The van der Waals surface area contributed by atoms with Crippen LogP contribution >= 0.6 is 0 Å². The predicted octanol–water partition coefficient (Wildman–Crippen LogP) is 2.41. The molecule has 0 aromatic heterocycles. The number of rotatable bonds is 1. The van der Waals surface area contributed by atoms with Crippen LogP contribution in [0.4, 0.5) is 0 Å². The second-order valence-corrected chi connectivity index (χ2v) is 20.3. The largest absolute Gasteiger partial charge is 1.00 e. The fraction of sp³-hybridized carbons (Fsp3) is 0.433. The van der Waals surface area contributed by atoms with Gasteiger partial charge in [-0.3, -0.25) is 0 Å². The molecule has 0 nitrogen and oxygen atoms in total. The summed E-state index contributed by atoms with van der Waals surface area (Å²) in [5.74, 6) is 0. The van der Waals surface area contributed by atoms with Gasteiger partial charge in [-0.15, -0.1) is 11.1 Å². The Morgan fingerprint density at radius 1 is 0.912 bits per heavy atom. The summed E-state index contributed by atoms with van der Waals surface area (Å²) in [4.78, 5) is 0. The van der Waals surface area contributed by atoms with E-state index in [1.807, 2.05) is 0 Å². The van der Waals surface area contributed by atoms with Crippen molar-refractivity contribution in [2.45, 2.75) is 85.2 Å². The average molecular weight is 591 g/mol. The van der Waals surface area contributed by atoms with E-state index in [0.717, 1.165) is 12.8 Å². The number of benzene rings is 2. The van der Waals surface area contributed by atoms with E-state index in [9.17, 15) is 0 Å². The summed E-state index contributed by atoms with van der Waals surface area (Å²) in [6, 6.07) is 23.6. The van der Waals surface area contributed by atoms with Gasteiger partial charge in [0.1, 0.15) is 0 Å². The predicted molar refractivity (Wildman–Crippen MR) is 140 cm³/mol. The first-order valence-corrected chi connectivity index (χ1v) is 17.9. The Kier molecular flexibility index (Phi) is 14.0. The number of aryl methyl sites for hydroxylation is 1. The molecule has 4 heteroatoms. The Hall–Kier alpha value is -0.530. The summed E-state index contributed by atoms with van der Waals surface area (Å²) < 4.78 is 0. The monoisotopic (exact) mass is 588 g/mol. The molecule has 0 atom stereocenters. The van der Waals surface area contributed by atoms with E-state index in [-0.39, 0.29) is 41.1 Å². The Bertz CT molecular complexity index is 973. The molecule has 0 unspecified atom stereocenters. The van der Waals surface area contributed by atoms with Crippen LogP contribution < -0.4 is 24.8 Å². The Labute approximate surface area is 236 Å². The third-order valence-corrected chi connectivity index (χ3v) is 5.60. The van der Waals surface area contributed by atoms with Gasteiger partial charge in [-0.25, -0.2) is 12.1 Å². The van der Waals surface area contributed by atoms with Gasteiger partial charge in [0.15, 0.2) is 0 Å². The zero-order valence-corrected chi connectivity index (χ0v) is 27.3. The first-order valence-electron chi connectivity index (χ1n) is 11.7. The summed E-state index contributed by atoms with van der Waals surface area (Å²) in [7, 11) is 0. The van der Waals surface area contributed by atoms with Crippen LogP contribution in [0, 0.1) is 6.07 Å². The maximum atomic E-state index is 3.67. The second-order valence-electron chi connectivity index (χ2n) is 11.0. The van der Waals surface area contributed by atoms with Crippen LogP contribution in [0.1, 0.15) is 76.3 Å². The van der Waals surface area contributed by atoms with E-state index >= 15 is 0 Å². The van der Waals surface area contributed by atoms with E-state index in [0.29, 0.717) is 0 Å². The third-order valence-electron chi connectivity index (χ3n) is 5.60.